The van der Waals surface area contributed by atoms with E-state index in [4.69, 9.17) is 0 Å². The van der Waals surface area contributed by atoms with Gasteiger partial charge >= 0.3 is 6.18 Å². The molecule has 0 aromatic heterocycles. The maximum Gasteiger partial charge on any atom is 0.391 e. The zero-order valence-electron chi connectivity index (χ0n) is 9.98. The lowest BCUT2D eigenvalue weighted by Crippen LogP contribution is -2.43. The van der Waals surface area contributed by atoms with Crippen molar-refractivity contribution in [3.63, 3.8) is 0 Å². The van der Waals surface area contributed by atoms with E-state index >= 15 is 0 Å². The van der Waals surface area contributed by atoms with Crippen LogP contribution in [0.15, 0.2) is 0 Å². The minimum absolute atomic E-state index is 0.0799. The van der Waals surface area contributed by atoms with Gasteiger partial charge in [-0.05, 0) is 31.6 Å². The number of hydrogen-bond acceptors (Lipinski definition) is 1. The van der Waals surface area contributed by atoms with Gasteiger partial charge in [-0.2, -0.15) is 13.2 Å². The van der Waals surface area contributed by atoms with Gasteiger partial charge in [-0.15, -0.1) is 0 Å². The van der Waals surface area contributed by atoms with E-state index in [0.717, 1.165) is 12.8 Å². The van der Waals surface area contributed by atoms with Crippen LogP contribution in [0.4, 0.5) is 13.2 Å². The summed E-state index contributed by atoms with van der Waals surface area (Å²) in [6.45, 7) is 3.98. The van der Waals surface area contributed by atoms with Crippen molar-refractivity contribution in [1.82, 2.24) is 0 Å². The van der Waals surface area contributed by atoms with Crippen molar-refractivity contribution in [2.75, 3.05) is 0 Å². The predicted octanol–water partition coefficient (Wildman–Crippen LogP) is 3.91. The first kappa shape index (κ1) is 13.8. The van der Waals surface area contributed by atoms with Gasteiger partial charge in [-0.25, -0.2) is 0 Å². The fourth-order valence-electron chi connectivity index (χ4n) is 2.90. The molecular weight excluding hydrogens is 217 g/mol. The number of halogens is 3. The second kappa shape index (κ2) is 4.94. The molecule has 4 heteroatoms. The Morgan fingerprint density at radius 1 is 1.19 bits per heavy atom. The van der Waals surface area contributed by atoms with Crippen molar-refractivity contribution in [3.8, 4) is 0 Å². The molecule has 0 saturated heterocycles. The minimum atomic E-state index is -4.09. The van der Waals surface area contributed by atoms with Crippen LogP contribution < -0.4 is 0 Å². The molecule has 16 heavy (non-hydrogen) atoms. The average Bonchev–Trinajstić information content (AvgIpc) is 2.18. The quantitative estimate of drug-likeness (QED) is 0.790. The van der Waals surface area contributed by atoms with E-state index in [9.17, 15) is 18.3 Å². The maximum atomic E-state index is 12.5. The summed E-state index contributed by atoms with van der Waals surface area (Å²) in [6.07, 6.45) is -1.66. The lowest BCUT2D eigenvalue weighted by molar-refractivity contribution is -0.196. The first-order chi connectivity index (χ1) is 7.33. The standard InChI is InChI=1S/C12H21F3O/c1-3-9(4-2)11(16)7-5-10(6-8-11)12(13,14)15/h9-10,16H,3-8H2,1-2H3. The van der Waals surface area contributed by atoms with Gasteiger partial charge in [0, 0.05) is 0 Å². The maximum absolute atomic E-state index is 12.5. The molecule has 1 rings (SSSR count). The Kier molecular flexibility index (Phi) is 4.27. The summed E-state index contributed by atoms with van der Waals surface area (Å²) in [5, 5.41) is 10.3. The third-order valence-electron chi connectivity index (χ3n) is 4.06. The molecule has 0 atom stereocenters. The molecule has 0 unspecified atom stereocenters. The fraction of sp³-hybridized carbons (Fsp3) is 1.00. The normalized spacial score (nSPS) is 32.1. The van der Waals surface area contributed by atoms with Crippen molar-refractivity contribution in [3.05, 3.63) is 0 Å². The Bertz CT molecular complexity index is 213. The highest BCUT2D eigenvalue weighted by Crippen LogP contribution is 2.44. The van der Waals surface area contributed by atoms with E-state index in [1.807, 2.05) is 13.8 Å². The number of aliphatic hydroxyl groups is 1. The summed E-state index contributed by atoms with van der Waals surface area (Å²) in [7, 11) is 0. The zero-order valence-corrected chi connectivity index (χ0v) is 9.98. The second-order valence-corrected chi connectivity index (χ2v) is 4.93. The Labute approximate surface area is 95.0 Å². The van der Waals surface area contributed by atoms with Crippen LogP contribution in [0.3, 0.4) is 0 Å². The molecule has 0 heterocycles. The summed E-state index contributed by atoms with van der Waals surface area (Å²) in [5.74, 6) is -1.07. The van der Waals surface area contributed by atoms with Crippen LogP contribution in [-0.4, -0.2) is 16.9 Å². The van der Waals surface area contributed by atoms with Crippen molar-refractivity contribution < 1.29 is 18.3 Å². The fourth-order valence-corrected chi connectivity index (χ4v) is 2.90. The van der Waals surface area contributed by atoms with E-state index in [0.29, 0.717) is 12.8 Å². The molecule has 1 aliphatic carbocycles. The number of alkyl halides is 3. The highest BCUT2D eigenvalue weighted by atomic mass is 19.4. The van der Waals surface area contributed by atoms with Crippen molar-refractivity contribution in [1.29, 1.82) is 0 Å². The molecule has 0 radical (unpaired) electrons. The van der Waals surface area contributed by atoms with E-state index in [1.165, 1.54) is 0 Å². The van der Waals surface area contributed by atoms with Gasteiger partial charge in [-0.3, -0.25) is 0 Å². The molecule has 1 aliphatic rings. The molecule has 0 amide bonds. The highest BCUT2D eigenvalue weighted by molar-refractivity contribution is 4.91. The zero-order chi connectivity index (χ0) is 12.4. The molecule has 0 aliphatic heterocycles. The minimum Gasteiger partial charge on any atom is -0.390 e. The second-order valence-electron chi connectivity index (χ2n) is 4.93. The van der Waals surface area contributed by atoms with Gasteiger partial charge in [0.1, 0.15) is 0 Å². The number of rotatable bonds is 3. The molecule has 0 spiro atoms. The van der Waals surface area contributed by atoms with Crippen molar-refractivity contribution in [2.45, 2.75) is 64.1 Å². The molecular formula is C12H21F3O. The van der Waals surface area contributed by atoms with E-state index in [2.05, 4.69) is 0 Å². The summed E-state index contributed by atoms with van der Waals surface area (Å²) >= 11 is 0. The monoisotopic (exact) mass is 238 g/mol. The van der Waals surface area contributed by atoms with E-state index in [1.54, 1.807) is 0 Å². The summed E-state index contributed by atoms with van der Waals surface area (Å²) in [6, 6.07) is 0. The van der Waals surface area contributed by atoms with Gasteiger partial charge < -0.3 is 5.11 Å². The molecule has 0 bridgehead atoms. The smallest absolute Gasteiger partial charge is 0.390 e. The SMILES string of the molecule is CCC(CC)C1(O)CCC(C(F)(F)F)CC1. The van der Waals surface area contributed by atoms with Gasteiger partial charge in [0.15, 0.2) is 0 Å². The summed E-state index contributed by atoms with van der Waals surface area (Å²) in [5.41, 5.74) is -0.856. The van der Waals surface area contributed by atoms with Crippen LogP contribution in [0.2, 0.25) is 0 Å². The largest absolute Gasteiger partial charge is 0.391 e. The molecule has 1 N–H and O–H groups in total. The van der Waals surface area contributed by atoms with Crippen LogP contribution in [0, 0.1) is 11.8 Å². The molecule has 0 aromatic carbocycles. The van der Waals surface area contributed by atoms with Gasteiger partial charge in [0.05, 0.1) is 11.5 Å². The molecule has 96 valence electrons. The Morgan fingerprint density at radius 3 is 1.94 bits per heavy atom. The molecule has 1 nitrogen and oxygen atoms in total. The average molecular weight is 238 g/mol. The Hall–Kier alpha value is -0.250. The van der Waals surface area contributed by atoms with Crippen LogP contribution in [-0.2, 0) is 0 Å². The number of hydrogen-bond donors (Lipinski definition) is 1. The van der Waals surface area contributed by atoms with Crippen LogP contribution in [0.25, 0.3) is 0 Å². The Balaban J connectivity index is 2.59. The van der Waals surface area contributed by atoms with Crippen LogP contribution >= 0.6 is 0 Å². The lowest BCUT2D eigenvalue weighted by Gasteiger charge is -2.41. The lowest BCUT2D eigenvalue weighted by atomic mass is 9.70. The topological polar surface area (TPSA) is 20.2 Å². The van der Waals surface area contributed by atoms with Crippen LogP contribution in [0.5, 0.6) is 0 Å². The van der Waals surface area contributed by atoms with Crippen molar-refractivity contribution in [2.24, 2.45) is 11.8 Å². The van der Waals surface area contributed by atoms with E-state index < -0.39 is 17.7 Å². The van der Waals surface area contributed by atoms with Crippen LogP contribution in [0.1, 0.15) is 52.4 Å². The van der Waals surface area contributed by atoms with Crippen molar-refractivity contribution >= 4 is 0 Å². The van der Waals surface area contributed by atoms with Gasteiger partial charge in [-0.1, -0.05) is 26.7 Å². The summed E-state index contributed by atoms with van der Waals surface area (Å²) in [4.78, 5) is 0. The first-order valence-electron chi connectivity index (χ1n) is 6.12. The summed E-state index contributed by atoms with van der Waals surface area (Å²) < 4.78 is 37.4. The molecule has 0 aromatic rings. The first-order valence-corrected chi connectivity index (χ1v) is 6.12. The van der Waals surface area contributed by atoms with Gasteiger partial charge in [0.25, 0.3) is 0 Å². The Morgan fingerprint density at radius 2 is 1.62 bits per heavy atom. The molecule has 1 fully saturated rings. The predicted molar refractivity (Wildman–Crippen MR) is 57.0 cm³/mol. The highest BCUT2D eigenvalue weighted by Gasteiger charge is 2.46. The van der Waals surface area contributed by atoms with E-state index in [-0.39, 0.29) is 18.8 Å². The molecule has 1 saturated carbocycles. The third-order valence-corrected chi connectivity index (χ3v) is 4.06. The van der Waals surface area contributed by atoms with Gasteiger partial charge in [0.2, 0.25) is 0 Å². The third kappa shape index (κ3) is 2.90.